The maximum absolute atomic E-state index is 12.1. The summed E-state index contributed by atoms with van der Waals surface area (Å²) in [6.07, 6.45) is 2.77. The SMILES string of the molecule is CCCCc1cc(=O)oc2cc(OCC(=O)Nc3snnc3C(=O)OC)ccc12. The maximum atomic E-state index is 12.1. The quantitative estimate of drug-likeness (QED) is 0.439. The molecule has 0 aliphatic carbocycles. The highest BCUT2D eigenvalue weighted by Crippen LogP contribution is 2.24. The fourth-order valence-electron chi connectivity index (χ4n) is 2.69. The Morgan fingerprint density at radius 2 is 2.10 bits per heavy atom. The molecule has 2 aromatic heterocycles. The van der Waals surface area contributed by atoms with Crippen LogP contribution in [0.1, 0.15) is 35.8 Å². The zero-order valence-corrected chi connectivity index (χ0v) is 16.7. The first-order chi connectivity index (χ1) is 14.0. The molecule has 0 atom stereocenters. The lowest BCUT2D eigenvalue weighted by atomic mass is 10.0. The molecule has 0 radical (unpaired) electrons. The number of anilines is 1. The molecule has 0 fully saturated rings. The minimum Gasteiger partial charge on any atom is -0.484 e. The Bertz CT molecular complexity index is 1090. The van der Waals surface area contributed by atoms with Crippen LogP contribution in [0, 0.1) is 0 Å². The molecule has 1 aromatic carbocycles. The summed E-state index contributed by atoms with van der Waals surface area (Å²) in [6.45, 7) is 1.77. The van der Waals surface area contributed by atoms with Gasteiger partial charge >= 0.3 is 11.6 Å². The Morgan fingerprint density at radius 3 is 2.86 bits per heavy atom. The van der Waals surface area contributed by atoms with Crippen LogP contribution in [0.4, 0.5) is 5.00 Å². The molecular weight excluding hydrogens is 398 g/mol. The molecule has 10 heteroatoms. The summed E-state index contributed by atoms with van der Waals surface area (Å²) in [7, 11) is 1.21. The van der Waals surface area contributed by atoms with Crippen LogP contribution in [-0.2, 0) is 16.0 Å². The number of hydrogen-bond acceptors (Lipinski definition) is 9. The van der Waals surface area contributed by atoms with Crippen molar-refractivity contribution in [1.29, 1.82) is 0 Å². The molecule has 9 nitrogen and oxygen atoms in total. The van der Waals surface area contributed by atoms with Gasteiger partial charge in [-0.3, -0.25) is 4.79 Å². The average molecular weight is 417 g/mol. The van der Waals surface area contributed by atoms with Gasteiger partial charge in [-0.25, -0.2) is 9.59 Å². The van der Waals surface area contributed by atoms with Gasteiger partial charge in [-0.05, 0) is 30.5 Å². The van der Waals surface area contributed by atoms with E-state index < -0.39 is 17.5 Å². The number of aryl methyl sites for hydroxylation is 1. The number of nitrogens with one attached hydrogen (secondary N) is 1. The third-order valence-corrected chi connectivity index (χ3v) is 4.73. The first-order valence-electron chi connectivity index (χ1n) is 8.92. The summed E-state index contributed by atoms with van der Waals surface area (Å²) in [5.41, 5.74) is 0.834. The van der Waals surface area contributed by atoms with E-state index >= 15 is 0 Å². The van der Waals surface area contributed by atoms with Gasteiger partial charge in [0.1, 0.15) is 11.3 Å². The number of carbonyl (C=O) groups excluding carboxylic acids is 2. The van der Waals surface area contributed by atoms with E-state index in [-0.39, 0.29) is 17.3 Å². The highest BCUT2D eigenvalue weighted by Gasteiger charge is 2.19. The van der Waals surface area contributed by atoms with Gasteiger partial charge in [0.25, 0.3) is 5.91 Å². The second-order valence-corrected chi connectivity index (χ2v) is 6.89. The highest BCUT2D eigenvalue weighted by atomic mass is 32.1. The molecule has 3 aromatic rings. The summed E-state index contributed by atoms with van der Waals surface area (Å²) in [6, 6.07) is 6.60. The van der Waals surface area contributed by atoms with E-state index in [1.165, 1.54) is 13.2 Å². The van der Waals surface area contributed by atoms with Gasteiger partial charge in [-0.2, -0.15) is 0 Å². The van der Waals surface area contributed by atoms with Crippen molar-refractivity contribution in [3.05, 3.63) is 45.9 Å². The number of rotatable bonds is 8. The molecule has 0 saturated carbocycles. The van der Waals surface area contributed by atoms with Crippen LogP contribution in [0.2, 0.25) is 0 Å². The molecule has 1 amide bonds. The van der Waals surface area contributed by atoms with Crippen molar-refractivity contribution in [1.82, 2.24) is 9.59 Å². The van der Waals surface area contributed by atoms with Gasteiger partial charge in [-0.1, -0.05) is 17.8 Å². The molecule has 152 valence electrons. The number of carbonyl (C=O) groups is 2. The molecule has 0 aliphatic heterocycles. The minimum atomic E-state index is -0.696. The molecule has 2 heterocycles. The topological polar surface area (TPSA) is 121 Å². The molecule has 0 aliphatic rings. The second kappa shape index (κ2) is 9.28. The number of benzene rings is 1. The van der Waals surface area contributed by atoms with Gasteiger partial charge in [0, 0.05) is 29.1 Å². The molecule has 0 saturated heterocycles. The normalized spacial score (nSPS) is 10.7. The molecular formula is C19H19N3O6S. The van der Waals surface area contributed by atoms with E-state index in [4.69, 9.17) is 9.15 Å². The number of ether oxygens (including phenoxy) is 2. The van der Waals surface area contributed by atoms with Crippen LogP contribution in [-0.4, -0.2) is 35.2 Å². The zero-order chi connectivity index (χ0) is 20.8. The lowest BCUT2D eigenvalue weighted by Crippen LogP contribution is -2.21. The van der Waals surface area contributed by atoms with E-state index in [1.54, 1.807) is 18.2 Å². The van der Waals surface area contributed by atoms with E-state index in [1.807, 2.05) is 0 Å². The van der Waals surface area contributed by atoms with Crippen LogP contribution < -0.4 is 15.7 Å². The summed E-state index contributed by atoms with van der Waals surface area (Å²) >= 11 is 0.856. The summed E-state index contributed by atoms with van der Waals surface area (Å²) in [4.78, 5) is 35.5. The largest absolute Gasteiger partial charge is 0.484 e. The van der Waals surface area contributed by atoms with Crippen molar-refractivity contribution in [3.63, 3.8) is 0 Å². The third kappa shape index (κ3) is 4.96. The van der Waals surface area contributed by atoms with Crippen molar-refractivity contribution < 1.29 is 23.5 Å². The Labute approximate surface area is 169 Å². The standard InChI is InChI=1S/C19H19N3O6S/c1-3-4-5-11-8-16(24)28-14-9-12(6-7-13(11)14)27-10-15(23)20-18-17(19(25)26-2)21-22-29-18/h6-9H,3-5,10H2,1-2H3,(H,20,23). The number of aromatic nitrogens is 2. The third-order valence-electron chi connectivity index (χ3n) is 4.09. The van der Waals surface area contributed by atoms with Crippen molar-refractivity contribution in [2.24, 2.45) is 0 Å². The average Bonchev–Trinajstić information content (AvgIpc) is 3.17. The van der Waals surface area contributed by atoms with Crippen molar-refractivity contribution in [2.45, 2.75) is 26.2 Å². The van der Waals surface area contributed by atoms with E-state index in [0.29, 0.717) is 11.3 Å². The fraction of sp³-hybridized carbons (Fsp3) is 0.316. The monoisotopic (exact) mass is 417 g/mol. The van der Waals surface area contributed by atoms with Crippen LogP contribution in [0.3, 0.4) is 0 Å². The first-order valence-corrected chi connectivity index (χ1v) is 9.69. The highest BCUT2D eigenvalue weighted by molar-refractivity contribution is 7.10. The fourth-order valence-corrected chi connectivity index (χ4v) is 3.26. The lowest BCUT2D eigenvalue weighted by Gasteiger charge is -2.09. The van der Waals surface area contributed by atoms with E-state index in [2.05, 4.69) is 26.6 Å². The summed E-state index contributed by atoms with van der Waals surface area (Å²) < 4.78 is 19.0. The van der Waals surface area contributed by atoms with Gasteiger partial charge in [0.15, 0.2) is 11.6 Å². The molecule has 1 N–H and O–H groups in total. The number of unbranched alkanes of at least 4 members (excludes halogenated alkanes) is 1. The van der Waals surface area contributed by atoms with Crippen LogP contribution in [0.25, 0.3) is 11.0 Å². The number of hydrogen-bond donors (Lipinski definition) is 1. The van der Waals surface area contributed by atoms with Gasteiger partial charge in [0.05, 0.1) is 7.11 Å². The number of nitrogens with zero attached hydrogens (tertiary/aromatic N) is 2. The predicted octanol–water partition coefficient (Wildman–Crippen LogP) is 2.79. The Balaban J connectivity index is 1.69. The van der Waals surface area contributed by atoms with Crippen LogP contribution >= 0.6 is 11.5 Å². The van der Waals surface area contributed by atoms with Gasteiger partial charge < -0.3 is 19.2 Å². The molecule has 0 spiro atoms. The van der Waals surface area contributed by atoms with Gasteiger partial charge in [-0.15, -0.1) is 5.10 Å². The lowest BCUT2D eigenvalue weighted by molar-refractivity contribution is -0.118. The Morgan fingerprint density at radius 1 is 1.28 bits per heavy atom. The van der Waals surface area contributed by atoms with Gasteiger partial charge in [0.2, 0.25) is 5.69 Å². The zero-order valence-electron chi connectivity index (χ0n) is 15.9. The molecule has 29 heavy (non-hydrogen) atoms. The van der Waals surface area contributed by atoms with E-state index in [0.717, 1.165) is 41.7 Å². The molecule has 0 unspecified atom stereocenters. The predicted molar refractivity (Wildman–Crippen MR) is 106 cm³/mol. The van der Waals surface area contributed by atoms with Crippen molar-refractivity contribution >= 4 is 39.4 Å². The first kappa shape index (κ1) is 20.5. The second-order valence-electron chi connectivity index (χ2n) is 6.13. The Hall–Kier alpha value is -3.27. The maximum Gasteiger partial charge on any atom is 0.361 e. The van der Waals surface area contributed by atoms with Crippen molar-refractivity contribution in [2.75, 3.05) is 19.0 Å². The van der Waals surface area contributed by atoms with Crippen LogP contribution in [0.15, 0.2) is 33.5 Å². The Kier molecular flexibility index (Phi) is 6.55. The summed E-state index contributed by atoms with van der Waals surface area (Å²) in [5.74, 6) is -0.822. The number of fused-ring (bicyclic) bond motifs is 1. The van der Waals surface area contributed by atoms with Crippen molar-refractivity contribution in [3.8, 4) is 5.75 Å². The minimum absolute atomic E-state index is 0.0714. The van der Waals surface area contributed by atoms with E-state index in [9.17, 15) is 14.4 Å². The van der Waals surface area contributed by atoms with Crippen LogP contribution in [0.5, 0.6) is 5.75 Å². The smallest absolute Gasteiger partial charge is 0.361 e. The number of amides is 1. The molecule has 3 rings (SSSR count). The number of esters is 1. The molecule has 0 bridgehead atoms. The number of methoxy groups -OCH3 is 1. The summed E-state index contributed by atoms with van der Waals surface area (Å²) in [5, 5.41) is 7.15.